The average Bonchev–Trinajstić information content (AvgIpc) is 2.85. The molecule has 0 amide bonds. The van der Waals surface area contributed by atoms with Gasteiger partial charge in [-0.25, -0.2) is 0 Å². The van der Waals surface area contributed by atoms with Crippen molar-refractivity contribution in [3.05, 3.63) is 0 Å². The van der Waals surface area contributed by atoms with Crippen molar-refractivity contribution in [3.8, 4) is 0 Å². The molecule has 0 spiro atoms. The van der Waals surface area contributed by atoms with Crippen LogP contribution in [0.25, 0.3) is 0 Å². The van der Waals surface area contributed by atoms with E-state index in [9.17, 15) is 0 Å². The van der Waals surface area contributed by atoms with Crippen molar-refractivity contribution < 1.29 is 4.74 Å². The first-order valence-corrected chi connectivity index (χ1v) is 16.5. The largest absolute Gasteiger partial charge is 0.378 e. The maximum atomic E-state index is 6.42. The van der Waals surface area contributed by atoms with Gasteiger partial charge in [0.15, 0.2) is 0 Å². The van der Waals surface area contributed by atoms with E-state index < -0.39 is 0 Å². The molecule has 0 radical (unpaired) electrons. The van der Waals surface area contributed by atoms with Crippen molar-refractivity contribution in [2.24, 2.45) is 0 Å². The van der Waals surface area contributed by atoms with Gasteiger partial charge in [0.05, 0.1) is 6.10 Å². The lowest BCUT2D eigenvalue weighted by atomic mass is 10.0. The number of hydrogen-bond acceptors (Lipinski definition) is 1. The van der Waals surface area contributed by atoms with E-state index in [0.29, 0.717) is 6.10 Å². The Balaban J connectivity index is 3.81. The monoisotopic (exact) mass is 481 g/mol. The van der Waals surface area contributed by atoms with Crippen molar-refractivity contribution in [3.63, 3.8) is 0 Å². The summed E-state index contributed by atoms with van der Waals surface area (Å²) in [5.74, 6) is 0. The quantitative estimate of drug-likeness (QED) is 0.0928. The third-order valence-corrected chi connectivity index (χ3v) is 7.61. The minimum Gasteiger partial charge on any atom is -0.378 e. The molecule has 0 saturated heterocycles. The summed E-state index contributed by atoms with van der Waals surface area (Å²) in [4.78, 5) is 0. The minimum absolute atomic E-state index is 0.541. The molecule has 1 heteroatoms. The van der Waals surface area contributed by atoms with Gasteiger partial charge in [0.1, 0.15) is 0 Å². The molecule has 0 fully saturated rings. The second-order valence-electron chi connectivity index (χ2n) is 11.2. The van der Waals surface area contributed by atoms with Crippen LogP contribution in [0.4, 0.5) is 0 Å². The Morgan fingerprint density at radius 2 is 0.588 bits per heavy atom. The number of unbranched alkanes of at least 4 members (excludes halogenated alkanes) is 23. The highest BCUT2D eigenvalue weighted by Crippen LogP contribution is 2.18. The molecule has 34 heavy (non-hydrogen) atoms. The van der Waals surface area contributed by atoms with Crippen molar-refractivity contribution in [2.45, 2.75) is 207 Å². The molecule has 1 atom stereocenters. The van der Waals surface area contributed by atoms with Crippen molar-refractivity contribution >= 4 is 0 Å². The summed E-state index contributed by atoms with van der Waals surface area (Å²) in [6, 6.07) is 0. The van der Waals surface area contributed by atoms with E-state index in [-0.39, 0.29) is 0 Å². The summed E-state index contributed by atoms with van der Waals surface area (Å²) in [5.41, 5.74) is 0. The van der Waals surface area contributed by atoms with Crippen LogP contribution in [-0.4, -0.2) is 12.7 Å². The Bertz CT molecular complexity index is 339. The van der Waals surface area contributed by atoms with Crippen molar-refractivity contribution in [2.75, 3.05) is 6.61 Å². The Hall–Kier alpha value is -0.0400. The molecule has 0 aromatic carbocycles. The molecule has 0 N–H and O–H groups in total. The van der Waals surface area contributed by atoms with Crippen LogP contribution < -0.4 is 0 Å². The topological polar surface area (TPSA) is 9.23 Å². The maximum absolute atomic E-state index is 6.42. The highest BCUT2D eigenvalue weighted by Gasteiger charge is 2.09. The van der Waals surface area contributed by atoms with Crippen LogP contribution >= 0.6 is 0 Å². The number of hydrogen-bond donors (Lipinski definition) is 0. The predicted octanol–water partition coefficient (Wildman–Crippen LogP) is 12.4. The van der Waals surface area contributed by atoms with E-state index in [2.05, 4.69) is 20.8 Å². The summed E-state index contributed by atoms with van der Waals surface area (Å²) >= 11 is 0. The van der Waals surface area contributed by atoms with Crippen molar-refractivity contribution in [1.29, 1.82) is 0 Å². The van der Waals surface area contributed by atoms with Gasteiger partial charge in [0, 0.05) is 6.61 Å². The standard InChI is InChI=1S/C33H68O/c1-4-7-10-13-16-18-19-20-22-25-28-31-33(30-27-24-21-15-12-9-6-3)34-32-29-26-23-17-14-11-8-5-2/h33H,4-32H2,1-3H3. The van der Waals surface area contributed by atoms with Crippen LogP contribution in [-0.2, 0) is 4.74 Å². The van der Waals surface area contributed by atoms with Gasteiger partial charge in [0.2, 0.25) is 0 Å². The highest BCUT2D eigenvalue weighted by molar-refractivity contribution is 4.61. The van der Waals surface area contributed by atoms with Crippen LogP contribution in [0.2, 0.25) is 0 Å². The van der Waals surface area contributed by atoms with E-state index in [0.717, 1.165) is 6.61 Å². The van der Waals surface area contributed by atoms with Gasteiger partial charge in [0.25, 0.3) is 0 Å². The average molecular weight is 481 g/mol. The molecule has 206 valence electrons. The fourth-order valence-electron chi connectivity index (χ4n) is 5.16. The Labute approximate surface area is 218 Å². The molecule has 0 aromatic rings. The van der Waals surface area contributed by atoms with E-state index in [1.807, 2.05) is 0 Å². The van der Waals surface area contributed by atoms with Gasteiger partial charge in [-0.15, -0.1) is 0 Å². The molecular weight excluding hydrogens is 412 g/mol. The van der Waals surface area contributed by atoms with E-state index in [1.165, 1.54) is 180 Å². The van der Waals surface area contributed by atoms with Gasteiger partial charge in [-0.05, 0) is 19.3 Å². The third kappa shape index (κ3) is 28.2. The SMILES string of the molecule is CCCCCCCCCCCCCC(CCCCCCCCC)OCCCCCCCCCC. The summed E-state index contributed by atoms with van der Waals surface area (Å²) in [7, 11) is 0. The van der Waals surface area contributed by atoms with Crippen LogP contribution in [0.3, 0.4) is 0 Å². The molecule has 0 aliphatic rings. The fourth-order valence-corrected chi connectivity index (χ4v) is 5.16. The second kappa shape index (κ2) is 31.0. The zero-order chi connectivity index (χ0) is 24.8. The van der Waals surface area contributed by atoms with Crippen LogP contribution in [0.5, 0.6) is 0 Å². The predicted molar refractivity (Wildman–Crippen MR) is 156 cm³/mol. The normalized spacial score (nSPS) is 12.4. The Morgan fingerprint density at radius 3 is 0.912 bits per heavy atom. The Kier molecular flexibility index (Phi) is 31.0. The first-order chi connectivity index (χ1) is 16.8. The van der Waals surface area contributed by atoms with Crippen LogP contribution in [0, 0.1) is 0 Å². The molecule has 0 saturated carbocycles. The summed E-state index contributed by atoms with van der Waals surface area (Å²) < 4.78 is 6.42. The van der Waals surface area contributed by atoms with Gasteiger partial charge in [-0.3, -0.25) is 0 Å². The highest BCUT2D eigenvalue weighted by atomic mass is 16.5. The molecule has 1 unspecified atom stereocenters. The molecule has 0 heterocycles. The minimum atomic E-state index is 0.541. The van der Waals surface area contributed by atoms with Crippen LogP contribution in [0.15, 0.2) is 0 Å². The smallest absolute Gasteiger partial charge is 0.0575 e. The molecule has 0 bridgehead atoms. The maximum Gasteiger partial charge on any atom is 0.0575 e. The molecular formula is C33H68O. The lowest BCUT2D eigenvalue weighted by Crippen LogP contribution is -2.14. The molecule has 0 aliphatic carbocycles. The van der Waals surface area contributed by atoms with E-state index >= 15 is 0 Å². The van der Waals surface area contributed by atoms with Crippen molar-refractivity contribution in [1.82, 2.24) is 0 Å². The van der Waals surface area contributed by atoms with Gasteiger partial charge in [-0.2, -0.15) is 0 Å². The van der Waals surface area contributed by atoms with E-state index in [4.69, 9.17) is 4.74 Å². The molecule has 0 aliphatic heterocycles. The lowest BCUT2D eigenvalue weighted by molar-refractivity contribution is 0.0357. The molecule has 0 aromatic heterocycles. The van der Waals surface area contributed by atoms with Gasteiger partial charge < -0.3 is 4.74 Å². The summed E-state index contributed by atoms with van der Waals surface area (Å²) in [6.45, 7) is 7.93. The molecule has 1 nitrogen and oxygen atoms in total. The molecule has 0 rings (SSSR count). The Morgan fingerprint density at radius 1 is 0.324 bits per heavy atom. The van der Waals surface area contributed by atoms with E-state index in [1.54, 1.807) is 0 Å². The number of rotatable bonds is 30. The summed E-state index contributed by atoms with van der Waals surface area (Å²) in [6.07, 6.45) is 40.0. The second-order valence-corrected chi connectivity index (χ2v) is 11.2. The lowest BCUT2D eigenvalue weighted by Gasteiger charge is -2.18. The fraction of sp³-hybridized carbons (Fsp3) is 1.00. The first kappa shape index (κ1) is 34.0. The van der Waals surface area contributed by atoms with Crippen LogP contribution in [0.1, 0.15) is 201 Å². The zero-order valence-corrected chi connectivity index (χ0v) is 24.5. The number of ether oxygens (including phenoxy) is 1. The van der Waals surface area contributed by atoms with Gasteiger partial charge >= 0.3 is 0 Å². The zero-order valence-electron chi connectivity index (χ0n) is 24.5. The summed E-state index contributed by atoms with van der Waals surface area (Å²) in [5, 5.41) is 0. The van der Waals surface area contributed by atoms with Gasteiger partial charge in [-0.1, -0.05) is 181 Å². The third-order valence-electron chi connectivity index (χ3n) is 7.61. The first-order valence-electron chi connectivity index (χ1n) is 16.5.